The molecule has 1 aliphatic carbocycles. The Balaban J connectivity index is 2.35. The molecule has 1 aromatic rings. The molecule has 2 heteroatoms. The molecule has 20 heavy (non-hydrogen) atoms. The van der Waals surface area contributed by atoms with Gasteiger partial charge in [0.25, 0.3) is 0 Å². The van der Waals surface area contributed by atoms with Crippen LogP contribution in [0.3, 0.4) is 0 Å². The zero-order valence-electron chi connectivity index (χ0n) is 13.2. The molecule has 0 aliphatic heterocycles. The van der Waals surface area contributed by atoms with E-state index in [1.54, 1.807) is 0 Å². The van der Waals surface area contributed by atoms with Crippen molar-refractivity contribution < 1.29 is 9.53 Å². The summed E-state index contributed by atoms with van der Waals surface area (Å²) in [6.07, 6.45) is 4.00. The summed E-state index contributed by atoms with van der Waals surface area (Å²) in [6, 6.07) is 6.07. The second kappa shape index (κ2) is 6.09. The third-order valence-electron chi connectivity index (χ3n) is 4.42. The molecule has 2 nitrogen and oxygen atoms in total. The van der Waals surface area contributed by atoms with Crippen LogP contribution in [0.2, 0.25) is 0 Å². The van der Waals surface area contributed by atoms with Gasteiger partial charge in [-0.25, -0.2) is 0 Å². The largest absolute Gasteiger partial charge is 0.367 e. The number of rotatable bonds is 4. The highest BCUT2D eigenvalue weighted by Gasteiger charge is 2.43. The molecule has 0 radical (unpaired) electrons. The lowest BCUT2D eigenvalue weighted by Gasteiger charge is -2.38. The Kier molecular flexibility index (Phi) is 4.64. The van der Waals surface area contributed by atoms with Crippen molar-refractivity contribution in [3.63, 3.8) is 0 Å². The van der Waals surface area contributed by atoms with E-state index < -0.39 is 5.60 Å². The molecule has 1 fully saturated rings. The van der Waals surface area contributed by atoms with Crippen molar-refractivity contribution in [3.8, 4) is 0 Å². The first-order valence-electron chi connectivity index (χ1n) is 7.74. The third-order valence-corrected chi connectivity index (χ3v) is 4.42. The maximum absolute atomic E-state index is 13.1. The molecule has 0 spiro atoms. The van der Waals surface area contributed by atoms with Crippen LogP contribution in [-0.2, 0) is 4.74 Å². The Hall–Kier alpha value is -1.15. The zero-order valence-corrected chi connectivity index (χ0v) is 13.2. The van der Waals surface area contributed by atoms with Crippen LogP contribution in [0.1, 0.15) is 61.0 Å². The lowest BCUT2D eigenvalue weighted by molar-refractivity contribution is -0.0512. The molecular weight excluding hydrogens is 248 g/mol. The van der Waals surface area contributed by atoms with Crippen molar-refractivity contribution in [2.24, 2.45) is 5.92 Å². The summed E-state index contributed by atoms with van der Waals surface area (Å²) in [5.74, 6) is 0.744. The number of carbonyl (C=O) groups is 1. The molecule has 110 valence electrons. The van der Waals surface area contributed by atoms with Crippen molar-refractivity contribution in [3.05, 3.63) is 34.9 Å². The van der Waals surface area contributed by atoms with Crippen LogP contribution in [0, 0.1) is 19.8 Å². The first-order valence-corrected chi connectivity index (χ1v) is 7.74. The number of carbonyl (C=O) groups excluding carboxylic acids is 1. The van der Waals surface area contributed by atoms with Crippen molar-refractivity contribution in [1.29, 1.82) is 0 Å². The number of hydrogen-bond donors (Lipinski definition) is 0. The van der Waals surface area contributed by atoms with Crippen molar-refractivity contribution in [2.45, 2.75) is 59.0 Å². The minimum absolute atomic E-state index is 0.184. The van der Waals surface area contributed by atoms with Gasteiger partial charge < -0.3 is 4.74 Å². The lowest BCUT2D eigenvalue weighted by Crippen LogP contribution is -2.45. The molecule has 0 saturated heterocycles. The van der Waals surface area contributed by atoms with Crippen molar-refractivity contribution in [1.82, 2.24) is 0 Å². The highest BCUT2D eigenvalue weighted by molar-refractivity contribution is 6.03. The summed E-state index contributed by atoms with van der Waals surface area (Å²) >= 11 is 0. The highest BCUT2D eigenvalue weighted by atomic mass is 16.5. The quantitative estimate of drug-likeness (QED) is 0.757. The molecule has 2 atom stereocenters. The van der Waals surface area contributed by atoms with E-state index in [2.05, 4.69) is 19.9 Å². The van der Waals surface area contributed by atoms with E-state index in [0.717, 1.165) is 30.4 Å². The molecule has 0 aromatic heterocycles. The van der Waals surface area contributed by atoms with Gasteiger partial charge in [0.05, 0.1) is 0 Å². The molecule has 0 bridgehead atoms. The number of benzene rings is 1. The molecule has 0 N–H and O–H groups in total. The first kappa shape index (κ1) is 15.2. The summed E-state index contributed by atoms with van der Waals surface area (Å²) in [6.45, 7) is 8.89. The molecule has 0 heterocycles. The van der Waals surface area contributed by atoms with Gasteiger partial charge in [0, 0.05) is 12.2 Å². The van der Waals surface area contributed by atoms with Crippen LogP contribution in [0.5, 0.6) is 0 Å². The molecule has 1 aromatic carbocycles. The Morgan fingerprint density at radius 2 is 2.15 bits per heavy atom. The van der Waals surface area contributed by atoms with Gasteiger partial charge in [-0.2, -0.15) is 0 Å². The Labute approximate surface area is 122 Å². The monoisotopic (exact) mass is 274 g/mol. The van der Waals surface area contributed by atoms with Crippen LogP contribution >= 0.6 is 0 Å². The van der Waals surface area contributed by atoms with Crippen molar-refractivity contribution >= 4 is 5.78 Å². The summed E-state index contributed by atoms with van der Waals surface area (Å²) in [4.78, 5) is 13.1. The lowest BCUT2D eigenvalue weighted by atomic mass is 9.74. The Morgan fingerprint density at radius 3 is 2.75 bits per heavy atom. The topological polar surface area (TPSA) is 26.3 Å². The average Bonchev–Trinajstić information content (AvgIpc) is 2.38. The third kappa shape index (κ3) is 2.95. The van der Waals surface area contributed by atoms with Crippen LogP contribution in [-0.4, -0.2) is 18.0 Å². The fourth-order valence-electron chi connectivity index (χ4n) is 3.50. The second-order valence-corrected chi connectivity index (χ2v) is 6.28. The van der Waals surface area contributed by atoms with Gasteiger partial charge in [0.1, 0.15) is 5.60 Å². The smallest absolute Gasteiger partial charge is 0.194 e. The van der Waals surface area contributed by atoms with E-state index in [9.17, 15) is 4.79 Å². The van der Waals surface area contributed by atoms with Crippen LogP contribution in [0.15, 0.2) is 18.2 Å². The standard InChI is InChI=1S/C18H26O2/c1-5-20-18(10-6-7-14(3)12-18)17(19)16-9-8-13(2)11-15(16)4/h8-9,11,14H,5-7,10,12H2,1-4H3. The van der Waals surface area contributed by atoms with Crippen LogP contribution in [0.4, 0.5) is 0 Å². The number of aryl methyl sites for hydroxylation is 2. The van der Waals surface area contributed by atoms with Crippen LogP contribution < -0.4 is 0 Å². The number of hydrogen-bond acceptors (Lipinski definition) is 2. The summed E-state index contributed by atoms with van der Waals surface area (Å²) in [7, 11) is 0. The Morgan fingerprint density at radius 1 is 1.40 bits per heavy atom. The molecule has 2 rings (SSSR count). The molecule has 1 aliphatic rings. The minimum Gasteiger partial charge on any atom is -0.367 e. The van der Waals surface area contributed by atoms with Gasteiger partial charge in [-0.3, -0.25) is 4.79 Å². The van der Waals surface area contributed by atoms with Gasteiger partial charge in [-0.1, -0.05) is 37.1 Å². The van der Waals surface area contributed by atoms with E-state index in [4.69, 9.17) is 4.74 Å². The first-order chi connectivity index (χ1) is 9.48. The molecule has 0 amide bonds. The summed E-state index contributed by atoms with van der Waals surface area (Å²) < 4.78 is 5.99. The maximum atomic E-state index is 13.1. The number of ether oxygens (including phenoxy) is 1. The van der Waals surface area contributed by atoms with Gasteiger partial charge in [-0.15, -0.1) is 0 Å². The second-order valence-electron chi connectivity index (χ2n) is 6.28. The zero-order chi connectivity index (χ0) is 14.8. The number of ketones is 1. The fourth-order valence-corrected chi connectivity index (χ4v) is 3.50. The van der Waals surface area contributed by atoms with Gasteiger partial charge in [-0.05, 0) is 51.5 Å². The van der Waals surface area contributed by atoms with E-state index in [1.165, 1.54) is 12.0 Å². The number of Topliss-reactive ketones (excluding diaryl/α,β-unsaturated/α-hetero) is 1. The SMILES string of the molecule is CCOC1(C(=O)c2ccc(C)cc2C)CCCC(C)C1. The molecule has 2 unspecified atom stereocenters. The Bertz CT molecular complexity index is 488. The van der Waals surface area contributed by atoms with Gasteiger partial charge in [0.2, 0.25) is 0 Å². The van der Waals surface area contributed by atoms with Crippen molar-refractivity contribution in [2.75, 3.05) is 6.61 Å². The minimum atomic E-state index is -0.591. The summed E-state index contributed by atoms with van der Waals surface area (Å²) in [5, 5.41) is 0. The van der Waals surface area contributed by atoms with E-state index in [-0.39, 0.29) is 5.78 Å². The van der Waals surface area contributed by atoms with E-state index >= 15 is 0 Å². The predicted molar refractivity (Wildman–Crippen MR) is 82.2 cm³/mol. The van der Waals surface area contributed by atoms with E-state index in [1.807, 2.05) is 26.0 Å². The summed E-state index contributed by atoms with van der Waals surface area (Å²) in [5.41, 5.74) is 2.50. The maximum Gasteiger partial charge on any atom is 0.194 e. The van der Waals surface area contributed by atoms with Gasteiger partial charge in [0.15, 0.2) is 5.78 Å². The fraction of sp³-hybridized carbons (Fsp3) is 0.611. The predicted octanol–water partition coefficient (Wildman–Crippen LogP) is 4.47. The van der Waals surface area contributed by atoms with Crippen LogP contribution in [0.25, 0.3) is 0 Å². The highest BCUT2D eigenvalue weighted by Crippen LogP contribution is 2.38. The normalized spacial score (nSPS) is 26.5. The van der Waals surface area contributed by atoms with E-state index in [0.29, 0.717) is 12.5 Å². The average molecular weight is 274 g/mol. The molecule has 1 saturated carbocycles. The molecular formula is C18H26O2. The van der Waals surface area contributed by atoms with Gasteiger partial charge >= 0.3 is 0 Å².